The number of benzene rings is 1. The fourth-order valence-corrected chi connectivity index (χ4v) is 2.47. The maximum absolute atomic E-state index is 6.17. The molecule has 0 saturated heterocycles. The Hall–Kier alpha value is -1.03. The molecular formula is C12H12ClNOS. The molecular weight excluding hydrogens is 242 g/mol. The third-order valence-electron chi connectivity index (χ3n) is 2.38. The zero-order valence-corrected chi connectivity index (χ0v) is 10.4. The van der Waals surface area contributed by atoms with Crippen LogP contribution in [0.1, 0.15) is 16.5 Å². The molecule has 4 heteroatoms. The van der Waals surface area contributed by atoms with Crippen LogP contribution in [-0.4, -0.2) is 7.11 Å². The van der Waals surface area contributed by atoms with E-state index in [0.717, 1.165) is 16.2 Å². The first-order valence-corrected chi connectivity index (χ1v) is 6.10. The van der Waals surface area contributed by atoms with Crippen molar-refractivity contribution < 1.29 is 4.74 Å². The van der Waals surface area contributed by atoms with Crippen molar-refractivity contribution in [1.29, 1.82) is 0 Å². The largest absolute Gasteiger partial charge is 0.496 e. The number of thiophene rings is 1. The first-order chi connectivity index (χ1) is 7.72. The molecule has 0 aliphatic rings. The number of nitrogens with two attached hydrogens (primary N) is 1. The van der Waals surface area contributed by atoms with Crippen molar-refractivity contribution in [3.05, 3.63) is 51.2 Å². The average Bonchev–Trinajstić information content (AvgIpc) is 2.81. The molecule has 2 aromatic rings. The van der Waals surface area contributed by atoms with Crippen LogP contribution >= 0.6 is 22.9 Å². The van der Waals surface area contributed by atoms with Gasteiger partial charge in [0, 0.05) is 15.5 Å². The molecule has 84 valence electrons. The molecule has 1 aromatic carbocycles. The summed E-state index contributed by atoms with van der Waals surface area (Å²) < 4.78 is 5.29. The third kappa shape index (κ3) is 2.21. The fourth-order valence-electron chi connectivity index (χ4n) is 1.56. The Morgan fingerprint density at radius 3 is 2.81 bits per heavy atom. The number of halogens is 1. The van der Waals surface area contributed by atoms with Gasteiger partial charge in [0.25, 0.3) is 0 Å². The standard InChI is InChI=1S/C12H12ClNOS/c1-15-10-7-8(13)4-5-9(10)12(14)11-3-2-6-16-11/h2-7,12H,14H2,1H3. The smallest absolute Gasteiger partial charge is 0.125 e. The minimum atomic E-state index is -0.160. The van der Waals surface area contributed by atoms with Gasteiger partial charge in [0.1, 0.15) is 5.75 Å². The fraction of sp³-hybridized carbons (Fsp3) is 0.167. The van der Waals surface area contributed by atoms with Crippen LogP contribution in [0.15, 0.2) is 35.7 Å². The van der Waals surface area contributed by atoms with Crippen LogP contribution in [0.4, 0.5) is 0 Å². The minimum absolute atomic E-state index is 0.160. The minimum Gasteiger partial charge on any atom is -0.496 e. The number of methoxy groups -OCH3 is 1. The molecule has 0 aliphatic carbocycles. The van der Waals surface area contributed by atoms with E-state index in [2.05, 4.69) is 0 Å². The lowest BCUT2D eigenvalue weighted by Crippen LogP contribution is -2.11. The highest BCUT2D eigenvalue weighted by Gasteiger charge is 2.14. The van der Waals surface area contributed by atoms with Crippen molar-refractivity contribution >= 4 is 22.9 Å². The van der Waals surface area contributed by atoms with Gasteiger partial charge in [-0.1, -0.05) is 23.7 Å². The summed E-state index contributed by atoms with van der Waals surface area (Å²) in [5, 5.41) is 2.66. The van der Waals surface area contributed by atoms with E-state index >= 15 is 0 Å². The molecule has 0 aliphatic heterocycles. The molecule has 0 spiro atoms. The van der Waals surface area contributed by atoms with E-state index in [4.69, 9.17) is 22.1 Å². The SMILES string of the molecule is COc1cc(Cl)ccc1C(N)c1cccs1. The van der Waals surface area contributed by atoms with Gasteiger partial charge in [0.15, 0.2) is 0 Å². The first kappa shape index (κ1) is 11.5. The second kappa shape index (κ2) is 4.87. The lowest BCUT2D eigenvalue weighted by molar-refractivity contribution is 0.408. The third-order valence-corrected chi connectivity index (χ3v) is 3.57. The van der Waals surface area contributed by atoms with Crippen LogP contribution in [0, 0.1) is 0 Å². The highest BCUT2D eigenvalue weighted by molar-refractivity contribution is 7.10. The summed E-state index contributed by atoms with van der Waals surface area (Å²) in [6, 6.07) is 9.36. The van der Waals surface area contributed by atoms with Crippen molar-refractivity contribution in [2.75, 3.05) is 7.11 Å². The zero-order chi connectivity index (χ0) is 11.5. The normalized spacial score (nSPS) is 12.4. The Labute approximate surface area is 104 Å². The van der Waals surface area contributed by atoms with Crippen molar-refractivity contribution in [1.82, 2.24) is 0 Å². The van der Waals surface area contributed by atoms with Crippen molar-refractivity contribution in [2.45, 2.75) is 6.04 Å². The van der Waals surface area contributed by atoms with Gasteiger partial charge >= 0.3 is 0 Å². The summed E-state index contributed by atoms with van der Waals surface area (Å²) in [5.74, 6) is 0.730. The summed E-state index contributed by atoms with van der Waals surface area (Å²) in [6.07, 6.45) is 0. The number of hydrogen-bond acceptors (Lipinski definition) is 3. The van der Waals surface area contributed by atoms with Crippen molar-refractivity contribution in [2.24, 2.45) is 5.73 Å². The van der Waals surface area contributed by atoms with Crippen LogP contribution in [0.5, 0.6) is 5.75 Å². The Morgan fingerprint density at radius 2 is 2.19 bits per heavy atom. The number of ether oxygens (including phenoxy) is 1. The molecule has 1 unspecified atom stereocenters. The molecule has 16 heavy (non-hydrogen) atoms. The Bertz CT molecular complexity index is 470. The van der Waals surface area contributed by atoms with E-state index in [9.17, 15) is 0 Å². The summed E-state index contributed by atoms with van der Waals surface area (Å²) in [6.45, 7) is 0. The summed E-state index contributed by atoms with van der Waals surface area (Å²) in [4.78, 5) is 1.11. The Morgan fingerprint density at radius 1 is 1.38 bits per heavy atom. The second-order valence-corrected chi connectivity index (χ2v) is 4.80. The first-order valence-electron chi connectivity index (χ1n) is 4.85. The van der Waals surface area contributed by atoms with Gasteiger partial charge in [0.05, 0.1) is 13.2 Å². The molecule has 2 rings (SSSR count). The van der Waals surface area contributed by atoms with Gasteiger partial charge < -0.3 is 10.5 Å². The summed E-state index contributed by atoms with van der Waals surface area (Å²) in [5.41, 5.74) is 7.13. The van der Waals surface area contributed by atoms with E-state index in [1.54, 1.807) is 24.5 Å². The molecule has 0 amide bonds. The lowest BCUT2D eigenvalue weighted by atomic mass is 10.1. The summed E-state index contributed by atoms with van der Waals surface area (Å²) in [7, 11) is 1.62. The van der Waals surface area contributed by atoms with Gasteiger partial charge in [-0.2, -0.15) is 0 Å². The van der Waals surface area contributed by atoms with E-state index in [-0.39, 0.29) is 6.04 Å². The van der Waals surface area contributed by atoms with Crippen LogP contribution in [0.25, 0.3) is 0 Å². The highest BCUT2D eigenvalue weighted by atomic mass is 35.5. The van der Waals surface area contributed by atoms with E-state index < -0.39 is 0 Å². The Kier molecular flexibility index (Phi) is 3.49. The molecule has 2 N–H and O–H groups in total. The number of hydrogen-bond donors (Lipinski definition) is 1. The highest BCUT2D eigenvalue weighted by Crippen LogP contribution is 2.32. The van der Waals surface area contributed by atoms with Gasteiger partial charge in [0.2, 0.25) is 0 Å². The maximum atomic E-state index is 6.17. The quantitative estimate of drug-likeness (QED) is 0.909. The van der Waals surface area contributed by atoms with E-state index in [1.807, 2.05) is 29.6 Å². The van der Waals surface area contributed by atoms with E-state index in [0.29, 0.717) is 5.02 Å². The molecule has 0 fully saturated rings. The van der Waals surface area contributed by atoms with E-state index in [1.165, 1.54) is 0 Å². The molecule has 1 heterocycles. The Balaban J connectivity index is 2.40. The van der Waals surface area contributed by atoms with Crippen LogP contribution in [0.2, 0.25) is 5.02 Å². The monoisotopic (exact) mass is 253 g/mol. The van der Waals surface area contributed by atoms with Crippen molar-refractivity contribution in [3.8, 4) is 5.75 Å². The molecule has 1 atom stereocenters. The maximum Gasteiger partial charge on any atom is 0.125 e. The molecule has 2 nitrogen and oxygen atoms in total. The predicted molar refractivity (Wildman–Crippen MR) is 68.4 cm³/mol. The van der Waals surface area contributed by atoms with Crippen LogP contribution in [-0.2, 0) is 0 Å². The number of rotatable bonds is 3. The van der Waals surface area contributed by atoms with Crippen LogP contribution in [0.3, 0.4) is 0 Å². The topological polar surface area (TPSA) is 35.2 Å². The van der Waals surface area contributed by atoms with Gasteiger partial charge in [-0.3, -0.25) is 0 Å². The molecule has 1 aromatic heterocycles. The van der Waals surface area contributed by atoms with Gasteiger partial charge in [-0.25, -0.2) is 0 Å². The molecule has 0 radical (unpaired) electrons. The van der Waals surface area contributed by atoms with Gasteiger partial charge in [-0.15, -0.1) is 11.3 Å². The lowest BCUT2D eigenvalue weighted by Gasteiger charge is -2.14. The van der Waals surface area contributed by atoms with Crippen LogP contribution < -0.4 is 10.5 Å². The predicted octanol–water partition coefficient (Wildman–Crippen LogP) is 3.46. The zero-order valence-electron chi connectivity index (χ0n) is 8.81. The summed E-state index contributed by atoms with van der Waals surface area (Å²) >= 11 is 7.54. The van der Waals surface area contributed by atoms with Crippen molar-refractivity contribution in [3.63, 3.8) is 0 Å². The molecule has 0 saturated carbocycles. The molecule has 0 bridgehead atoms. The van der Waals surface area contributed by atoms with Gasteiger partial charge in [-0.05, 0) is 23.6 Å². The second-order valence-electron chi connectivity index (χ2n) is 3.38. The average molecular weight is 254 g/mol.